The first kappa shape index (κ1) is 22.2. The lowest BCUT2D eigenvalue weighted by Gasteiger charge is -2.32. The Balaban J connectivity index is 1.66. The molecule has 2 amide bonds. The molecule has 8 heteroatoms. The van der Waals surface area contributed by atoms with Crippen molar-refractivity contribution in [2.24, 2.45) is 5.92 Å². The number of H-pyrrole nitrogens is 1. The van der Waals surface area contributed by atoms with Crippen LogP contribution in [0.4, 0.5) is 4.39 Å². The van der Waals surface area contributed by atoms with Crippen LogP contribution in [0.25, 0.3) is 10.9 Å². The minimum Gasteiger partial charge on any atom is -0.350 e. The SMILES string of the molecule is CN(C(=O)c1cc2c(F)cccc2[nH]1)C(Cc1ccccc1)C(=O)N1CC(C=O)CC1C#N. The molecule has 3 aromatic rings. The van der Waals surface area contributed by atoms with Crippen LogP contribution in [-0.2, 0) is 16.0 Å². The van der Waals surface area contributed by atoms with E-state index in [-0.39, 0.29) is 30.5 Å². The van der Waals surface area contributed by atoms with Crippen LogP contribution in [0.2, 0.25) is 0 Å². The van der Waals surface area contributed by atoms with Gasteiger partial charge in [0, 0.05) is 36.8 Å². The number of rotatable bonds is 6. The number of likely N-dealkylation sites (N-methyl/N-ethyl adjacent to an activating group) is 1. The summed E-state index contributed by atoms with van der Waals surface area (Å²) < 4.78 is 14.1. The molecular weight excluding hydrogens is 423 g/mol. The first-order valence-corrected chi connectivity index (χ1v) is 10.7. The highest BCUT2D eigenvalue weighted by molar-refractivity contribution is 6.00. The Morgan fingerprint density at radius 1 is 1.27 bits per heavy atom. The van der Waals surface area contributed by atoms with E-state index >= 15 is 0 Å². The van der Waals surface area contributed by atoms with Gasteiger partial charge in [-0.25, -0.2) is 4.39 Å². The molecule has 0 aliphatic carbocycles. The van der Waals surface area contributed by atoms with Gasteiger partial charge in [0.25, 0.3) is 5.91 Å². The Morgan fingerprint density at radius 3 is 2.70 bits per heavy atom. The van der Waals surface area contributed by atoms with Crippen LogP contribution in [0.3, 0.4) is 0 Å². The van der Waals surface area contributed by atoms with E-state index in [0.717, 1.165) is 11.8 Å². The van der Waals surface area contributed by atoms with Crippen molar-refractivity contribution in [3.8, 4) is 6.07 Å². The first-order valence-electron chi connectivity index (χ1n) is 10.7. The highest BCUT2D eigenvalue weighted by Gasteiger charge is 2.40. The van der Waals surface area contributed by atoms with E-state index in [1.165, 1.54) is 29.0 Å². The summed E-state index contributed by atoms with van der Waals surface area (Å²) in [5.74, 6) is -1.72. The van der Waals surface area contributed by atoms with Gasteiger partial charge in [-0.05, 0) is 30.2 Å². The largest absolute Gasteiger partial charge is 0.350 e. The Labute approximate surface area is 190 Å². The molecule has 0 spiro atoms. The van der Waals surface area contributed by atoms with E-state index in [4.69, 9.17) is 0 Å². The second-order valence-corrected chi connectivity index (χ2v) is 8.27. The fourth-order valence-corrected chi connectivity index (χ4v) is 4.32. The van der Waals surface area contributed by atoms with Crippen molar-refractivity contribution in [3.05, 3.63) is 71.7 Å². The summed E-state index contributed by atoms with van der Waals surface area (Å²) >= 11 is 0. The molecule has 0 radical (unpaired) electrons. The van der Waals surface area contributed by atoms with Gasteiger partial charge in [-0.1, -0.05) is 36.4 Å². The number of carbonyl (C=O) groups excluding carboxylic acids is 3. The third-order valence-electron chi connectivity index (χ3n) is 6.14. The Bertz CT molecular complexity index is 1230. The standard InChI is InChI=1S/C25H23FN4O3/c1-29(24(32)22-12-19-20(26)8-5-9-21(19)28-22)23(11-16-6-3-2-4-7-16)25(33)30-14-17(15-31)10-18(30)13-27/h2-9,12,15,17-18,23,28H,10-11,14H2,1H3. The van der Waals surface area contributed by atoms with Gasteiger partial charge in [-0.15, -0.1) is 0 Å². The number of benzene rings is 2. The molecule has 168 valence electrons. The monoisotopic (exact) mass is 446 g/mol. The van der Waals surface area contributed by atoms with Crippen LogP contribution >= 0.6 is 0 Å². The lowest BCUT2D eigenvalue weighted by molar-refractivity contribution is -0.135. The molecule has 1 aromatic heterocycles. The number of fused-ring (bicyclic) bond motifs is 1. The average Bonchev–Trinajstić information content (AvgIpc) is 3.47. The second-order valence-electron chi connectivity index (χ2n) is 8.27. The van der Waals surface area contributed by atoms with Gasteiger partial charge in [0.15, 0.2) is 0 Å². The molecule has 1 fully saturated rings. The van der Waals surface area contributed by atoms with Crippen LogP contribution in [0.15, 0.2) is 54.6 Å². The maximum Gasteiger partial charge on any atom is 0.270 e. The number of aromatic amines is 1. The Morgan fingerprint density at radius 2 is 2.03 bits per heavy atom. The normalized spacial score (nSPS) is 18.6. The summed E-state index contributed by atoms with van der Waals surface area (Å²) in [5, 5.41) is 9.81. The van der Waals surface area contributed by atoms with E-state index in [1.807, 2.05) is 30.3 Å². The summed E-state index contributed by atoms with van der Waals surface area (Å²) in [6.45, 7) is 0.144. The van der Waals surface area contributed by atoms with Crippen molar-refractivity contribution >= 4 is 29.0 Å². The van der Waals surface area contributed by atoms with Crippen LogP contribution < -0.4 is 0 Å². The lowest BCUT2D eigenvalue weighted by atomic mass is 10.0. The fourth-order valence-electron chi connectivity index (χ4n) is 4.32. The molecule has 33 heavy (non-hydrogen) atoms. The highest BCUT2D eigenvalue weighted by atomic mass is 19.1. The number of nitriles is 1. The molecule has 2 heterocycles. The predicted octanol–water partition coefficient (Wildman–Crippen LogP) is 2.93. The van der Waals surface area contributed by atoms with Gasteiger partial charge >= 0.3 is 0 Å². The highest BCUT2D eigenvalue weighted by Crippen LogP contribution is 2.25. The van der Waals surface area contributed by atoms with Crippen molar-refractivity contribution in [3.63, 3.8) is 0 Å². The van der Waals surface area contributed by atoms with Gasteiger partial charge in [0.05, 0.1) is 6.07 Å². The minimum absolute atomic E-state index is 0.144. The number of hydrogen-bond donors (Lipinski definition) is 1. The summed E-state index contributed by atoms with van der Waals surface area (Å²) in [4.78, 5) is 43.8. The molecule has 3 atom stereocenters. The van der Waals surface area contributed by atoms with Crippen molar-refractivity contribution in [1.29, 1.82) is 5.26 Å². The predicted molar refractivity (Wildman–Crippen MR) is 120 cm³/mol. The molecule has 2 aromatic carbocycles. The molecular formula is C25H23FN4O3. The van der Waals surface area contributed by atoms with E-state index in [9.17, 15) is 24.0 Å². The average molecular weight is 446 g/mol. The molecule has 0 saturated carbocycles. The first-order chi connectivity index (χ1) is 15.9. The van der Waals surface area contributed by atoms with E-state index in [0.29, 0.717) is 5.52 Å². The topological polar surface area (TPSA) is 97.3 Å². The van der Waals surface area contributed by atoms with Gasteiger partial charge in [0.2, 0.25) is 5.91 Å². The Hall–Kier alpha value is -3.99. The Kier molecular flexibility index (Phi) is 6.22. The minimum atomic E-state index is -0.905. The summed E-state index contributed by atoms with van der Waals surface area (Å²) in [6.07, 6.45) is 1.28. The quantitative estimate of drug-likeness (QED) is 0.589. The van der Waals surface area contributed by atoms with Gasteiger partial charge in [0.1, 0.15) is 29.9 Å². The number of nitrogens with one attached hydrogen (secondary N) is 1. The van der Waals surface area contributed by atoms with Crippen molar-refractivity contribution < 1.29 is 18.8 Å². The smallest absolute Gasteiger partial charge is 0.270 e. The number of nitrogens with zero attached hydrogens (tertiary/aromatic N) is 3. The molecule has 1 saturated heterocycles. The number of hydrogen-bond acceptors (Lipinski definition) is 4. The number of aromatic nitrogens is 1. The van der Waals surface area contributed by atoms with Crippen molar-refractivity contribution in [1.82, 2.24) is 14.8 Å². The zero-order valence-electron chi connectivity index (χ0n) is 18.1. The van der Waals surface area contributed by atoms with E-state index in [1.54, 1.807) is 12.1 Å². The summed E-state index contributed by atoms with van der Waals surface area (Å²) in [5.41, 5.74) is 1.49. The van der Waals surface area contributed by atoms with Gasteiger partial charge in [-0.3, -0.25) is 9.59 Å². The molecule has 0 bridgehead atoms. The van der Waals surface area contributed by atoms with Crippen LogP contribution in [0.1, 0.15) is 22.5 Å². The second kappa shape index (κ2) is 9.25. The third kappa shape index (κ3) is 4.35. The van der Waals surface area contributed by atoms with Crippen LogP contribution in [0, 0.1) is 23.1 Å². The van der Waals surface area contributed by atoms with E-state index in [2.05, 4.69) is 11.1 Å². The van der Waals surface area contributed by atoms with E-state index < -0.39 is 35.6 Å². The van der Waals surface area contributed by atoms with Crippen LogP contribution in [-0.4, -0.2) is 58.6 Å². The number of halogens is 1. The maximum atomic E-state index is 14.1. The van der Waals surface area contributed by atoms with Gasteiger partial charge < -0.3 is 19.6 Å². The molecule has 7 nitrogen and oxygen atoms in total. The number of likely N-dealkylation sites (tertiary alicyclic amines) is 1. The molecule has 4 rings (SSSR count). The molecule has 1 aliphatic rings. The fraction of sp³-hybridized carbons (Fsp3) is 0.280. The maximum absolute atomic E-state index is 14.1. The zero-order valence-corrected chi connectivity index (χ0v) is 18.1. The zero-order chi connectivity index (χ0) is 23.5. The molecule has 3 unspecified atom stereocenters. The number of aldehydes is 1. The molecule has 1 aliphatic heterocycles. The van der Waals surface area contributed by atoms with Gasteiger partial charge in [-0.2, -0.15) is 5.26 Å². The summed E-state index contributed by atoms with van der Waals surface area (Å²) in [6, 6.07) is 15.7. The third-order valence-corrected chi connectivity index (χ3v) is 6.14. The van der Waals surface area contributed by atoms with Crippen LogP contribution in [0.5, 0.6) is 0 Å². The van der Waals surface area contributed by atoms with Crippen molar-refractivity contribution in [2.45, 2.75) is 24.9 Å². The summed E-state index contributed by atoms with van der Waals surface area (Å²) in [7, 11) is 1.52. The number of amides is 2. The lowest BCUT2D eigenvalue weighted by Crippen LogP contribution is -2.51. The van der Waals surface area contributed by atoms with Crippen molar-refractivity contribution in [2.75, 3.05) is 13.6 Å². The number of carbonyl (C=O) groups is 3. The molecule has 1 N–H and O–H groups in total.